The molecule has 0 radical (unpaired) electrons. The second-order valence-electron chi connectivity index (χ2n) is 13.6. The van der Waals surface area contributed by atoms with Crippen molar-refractivity contribution in [2.45, 2.75) is 0 Å². The highest BCUT2D eigenvalue weighted by Crippen LogP contribution is 2.39. The largest absolute Gasteiger partial charge is 0.208 e. The molecule has 0 spiro atoms. The minimum Gasteiger partial charge on any atom is -0.208 e. The molecule has 1 aromatic heterocycles. The van der Waals surface area contributed by atoms with Gasteiger partial charge in [-0.2, -0.15) is 0 Å². The van der Waals surface area contributed by atoms with E-state index in [1.54, 1.807) is 0 Å². The highest BCUT2D eigenvalue weighted by atomic mass is 15.0. The fraction of sp³-hybridized carbons (Fsp3) is 0. The molecule has 3 nitrogen and oxygen atoms in total. The van der Waals surface area contributed by atoms with Crippen molar-refractivity contribution in [2.24, 2.45) is 0 Å². The Labute approximate surface area is 313 Å². The zero-order valence-electron chi connectivity index (χ0n) is 29.4. The van der Waals surface area contributed by atoms with Crippen molar-refractivity contribution in [3.63, 3.8) is 0 Å². The van der Waals surface area contributed by atoms with Crippen molar-refractivity contribution >= 4 is 32.3 Å². The molecule has 0 N–H and O–H groups in total. The number of hydrogen-bond donors (Lipinski definition) is 0. The lowest BCUT2D eigenvalue weighted by atomic mass is 9.91. The molecule has 0 fully saturated rings. The monoisotopic (exact) mass is 687 g/mol. The van der Waals surface area contributed by atoms with Gasteiger partial charge in [-0.05, 0) is 83.9 Å². The van der Waals surface area contributed by atoms with Gasteiger partial charge in [0, 0.05) is 16.7 Å². The molecule has 1 heterocycles. The minimum absolute atomic E-state index is 0.628. The first-order valence-corrected chi connectivity index (χ1v) is 18.3. The van der Waals surface area contributed by atoms with Gasteiger partial charge in [-0.15, -0.1) is 0 Å². The van der Waals surface area contributed by atoms with Crippen LogP contribution in [0.5, 0.6) is 0 Å². The van der Waals surface area contributed by atoms with Crippen LogP contribution in [0.25, 0.3) is 99.9 Å². The summed E-state index contributed by atoms with van der Waals surface area (Å²) >= 11 is 0. The fourth-order valence-corrected chi connectivity index (χ4v) is 7.70. The molecule has 3 heteroatoms. The molecule has 0 aliphatic heterocycles. The number of benzene rings is 9. The predicted octanol–water partition coefficient (Wildman–Crippen LogP) is 13.3. The molecule has 9 aromatic carbocycles. The third-order valence-electron chi connectivity index (χ3n) is 10.3. The van der Waals surface area contributed by atoms with E-state index in [1.165, 1.54) is 32.3 Å². The lowest BCUT2D eigenvalue weighted by Gasteiger charge is -2.15. The second kappa shape index (κ2) is 13.4. The van der Waals surface area contributed by atoms with Crippen LogP contribution in [0.3, 0.4) is 0 Å². The first kappa shape index (κ1) is 31.5. The summed E-state index contributed by atoms with van der Waals surface area (Å²) in [6.07, 6.45) is 0. The van der Waals surface area contributed by atoms with Gasteiger partial charge in [-0.3, -0.25) is 0 Å². The molecule has 0 aliphatic rings. The van der Waals surface area contributed by atoms with Gasteiger partial charge >= 0.3 is 0 Å². The van der Waals surface area contributed by atoms with Crippen LogP contribution in [-0.4, -0.2) is 15.0 Å². The lowest BCUT2D eigenvalue weighted by molar-refractivity contribution is 1.07. The van der Waals surface area contributed by atoms with Crippen LogP contribution in [0.15, 0.2) is 200 Å². The van der Waals surface area contributed by atoms with Crippen molar-refractivity contribution < 1.29 is 0 Å². The maximum atomic E-state index is 5.23. The van der Waals surface area contributed by atoms with E-state index < -0.39 is 0 Å². The first-order valence-electron chi connectivity index (χ1n) is 18.3. The van der Waals surface area contributed by atoms with Gasteiger partial charge in [-0.1, -0.05) is 182 Å². The van der Waals surface area contributed by atoms with Crippen LogP contribution in [-0.2, 0) is 0 Å². The van der Waals surface area contributed by atoms with E-state index in [-0.39, 0.29) is 0 Å². The standard InChI is InChI=1S/C51H33N3/c1-3-15-34(16-4-1)36-19-13-21-39(31-36)49-52-50(40-22-14-20-37(32-40)35-17-5-2-6-18-35)54-51(53-49)47-28-12-7-23-41(47)38-29-30-46-44-26-9-8-24-42(44)43-25-10-11-27-45(43)48(46)33-38/h1-33H. The fourth-order valence-electron chi connectivity index (χ4n) is 7.70. The predicted molar refractivity (Wildman–Crippen MR) is 225 cm³/mol. The number of fused-ring (bicyclic) bond motifs is 6. The summed E-state index contributed by atoms with van der Waals surface area (Å²) in [6.45, 7) is 0. The van der Waals surface area contributed by atoms with Crippen molar-refractivity contribution in [1.29, 1.82) is 0 Å². The number of hydrogen-bond acceptors (Lipinski definition) is 3. The van der Waals surface area contributed by atoms with Crippen LogP contribution < -0.4 is 0 Å². The van der Waals surface area contributed by atoms with Gasteiger partial charge in [0.15, 0.2) is 17.5 Å². The zero-order chi connectivity index (χ0) is 35.8. The normalized spacial score (nSPS) is 11.3. The summed E-state index contributed by atoms with van der Waals surface area (Å²) in [5, 5.41) is 7.50. The molecule has 54 heavy (non-hydrogen) atoms. The van der Waals surface area contributed by atoms with E-state index in [2.05, 4.69) is 188 Å². The SMILES string of the molecule is c1ccc(-c2cccc(-c3nc(-c4cccc(-c5ccccc5)c4)nc(-c4ccccc4-c4ccc5c6ccccc6c6ccccc6c5c4)n3)c2)cc1. The topological polar surface area (TPSA) is 38.7 Å². The maximum absolute atomic E-state index is 5.23. The first-order chi connectivity index (χ1) is 26.8. The molecule has 0 saturated heterocycles. The van der Waals surface area contributed by atoms with E-state index in [0.29, 0.717) is 17.5 Å². The van der Waals surface area contributed by atoms with Crippen molar-refractivity contribution in [3.05, 3.63) is 200 Å². The van der Waals surface area contributed by atoms with Crippen molar-refractivity contribution in [1.82, 2.24) is 15.0 Å². The highest BCUT2D eigenvalue weighted by molar-refractivity contribution is 6.25. The quantitative estimate of drug-likeness (QED) is 0.163. The Morgan fingerprint density at radius 1 is 0.204 bits per heavy atom. The van der Waals surface area contributed by atoms with Crippen LogP contribution in [0.1, 0.15) is 0 Å². The summed E-state index contributed by atoms with van der Waals surface area (Å²) in [6, 6.07) is 70.5. The second-order valence-corrected chi connectivity index (χ2v) is 13.6. The van der Waals surface area contributed by atoms with Crippen LogP contribution in [0, 0.1) is 0 Å². The number of rotatable bonds is 6. The van der Waals surface area contributed by atoms with Crippen molar-refractivity contribution in [2.75, 3.05) is 0 Å². The van der Waals surface area contributed by atoms with Crippen LogP contribution in [0.4, 0.5) is 0 Å². The third-order valence-corrected chi connectivity index (χ3v) is 10.3. The summed E-state index contributed by atoms with van der Waals surface area (Å²) in [4.78, 5) is 15.6. The molecular weight excluding hydrogens is 655 g/mol. The van der Waals surface area contributed by atoms with Gasteiger partial charge in [-0.25, -0.2) is 15.0 Å². The smallest absolute Gasteiger partial charge is 0.164 e. The Morgan fingerprint density at radius 2 is 0.593 bits per heavy atom. The number of aromatic nitrogens is 3. The van der Waals surface area contributed by atoms with Crippen LogP contribution in [0.2, 0.25) is 0 Å². The van der Waals surface area contributed by atoms with Gasteiger partial charge in [0.05, 0.1) is 0 Å². The molecular formula is C51H33N3. The van der Waals surface area contributed by atoms with E-state index in [9.17, 15) is 0 Å². The van der Waals surface area contributed by atoms with E-state index >= 15 is 0 Å². The summed E-state index contributed by atoms with van der Waals surface area (Å²) in [5.74, 6) is 1.89. The average molecular weight is 688 g/mol. The highest BCUT2D eigenvalue weighted by Gasteiger charge is 2.18. The molecule has 10 rings (SSSR count). The molecule has 0 saturated carbocycles. The molecule has 0 bridgehead atoms. The Balaban J connectivity index is 1.17. The van der Waals surface area contributed by atoms with Crippen molar-refractivity contribution in [3.8, 4) is 67.5 Å². The minimum atomic E-state index is 0.628. The van der Waals surface area contributed by atoms with Gasteiger partial charge in [0.2, 0.25) is 0 Å². The molecule has 0 unspecified atom stereocenters. The maximum Gasteiger partial charge on any atom is 0.164 e. The summed E-state index contributed by atoms with van der Waals surface area (Å²) in [7, 11) is 0. The van der Waals surface area contributed by atoms with E-state index in [1.807, 2.05) is 12.1 Å². The lowest BCUT2D eigenvalue weighted by Crippen LogP contribution is -2.01. The van der Waals surface area contributed by atoms with Gasteiger partial charge in [0.25, 0.3) is 0 Å². The molecule has 10 aromatic rings. The van der Waals surface area contributed by atoms with Crippen LogP contribution >= 0.6 is 0 Å². The molecule has 252 valence electrons. The average Bonchev–Trinajstić information content (AvgIpc) is 3.27. The number of nitrogens with zero attached hydrogens (tertiary/aromatic N) is 3. The molecule has 0 atom stereocenters. The Hall–Kier alpha value is -7.23. The van der Waals surface area contributed by atoms with E-state index in [0.717, 1.165) is 50.1 Å². The van der Waals surface area contributed by atoms with Gasteiger partial charge in [0.1, 0.15) is 0 Å². The van der Waals surface area contributed by atoms with E-state index in [4.69, 9.17) is 15.0 Å². The summed E-state index contributed by atoms with van der Waals surface area (Å²) in [5.41, 5.74) is 9.50. The Kier molecular flexibility index (Phi) is 7.81. The third kappa shape index (κ3) is 5.69. The van der Waals surface area contributed by atoms with Gasteiger partial charge < -0.3 is 0 Å². The Morgan fingerprint density at radius 3 is 1.13 bits per heavy atom. The zero-order valence-corrected chi connectivity index (χ0v) is 29.4. The summed E-state index contributed by atoms with van der Waals surface area (Å²) < 4.78 is 0. The Bertz CT molecular complexity index is 2850. The molecule has 0 aliphatic carbocycles. The molecule has 0 amide bonds.